The fourth-order valence-electron chi connectivity index (χ4n) is 2.73. The van der Waals surface area contributed by atoms with Crippen molar-refractivity contribution in [2.45, 2.75) is 25.7 Å². The molecule has 0 aliphatic carbocycles. The predicted molar refractivity (Wildman–Crippen MR) is 83.6 cm³/mol. The number of likely N-dealkylation sites (tertiary alicyclic amines) is 1. The van der Waals surface area contributed by atoms with Gasteiger partial charge in [-0.1, -0.05) is 25.0 Å². The monoisotopic (exact) mass is 285 g/mol. The highest BCUT2D eigenvalue weighted by atomic mass is 16.2. The van der Waals surface area contributed by atoms with Gasteiger partial charge in [-0.15, -0.1) is 0 Å². The summed E-state index contributed by atoms with van der Waals surface area (Å²) in [5.41, 5.74) is 0.936. The maximum atomic E-state index is 12.4. The summed E-state index contributed by atoms with van der Waals surface area (Å²) in [6, 6.07) is 7.11. The molecule has 1 saturated heterocycles. The van der Waals surface area contributed by atoms with E-state index >= 15 is 0 Å². The number of nitrogens with zero attached hydrogens (tertiary/aromatic N) is 1. The van der Waals surface area contributed by atoms with Crippen molar-refractivity contribution in [1.29, 1.82) is 0 Å². The summed E-state index contributed by atoms with van der Waals surface area (Å²) in [4.78, 5) is 29.5. The zero-order chi connectivity index (χ0) is 14.7. The molecule has 3 rings (SSSR count). The van der Waals surface area contributed by atoms with Crippen LogP contribution < -0.4 is 10.7 Å². The third-order valence-corrected chi connectivity index (χ3v) is 3.92. The van der Waals surface area contributed by atoms with Gasteiger partial charge in [-0.25, -0.2) is 4.79 Å². The molecule has 5 heteroatoms. The van der Waals surface area contributed by atoms with E-state index < -0.39 is 0 Å². The van der Waals surface area contributed by atoms with Gasteiger partial charge >= 0.3 is 6.03 Å². The van der Waals surface area contributed by atoms with Crippen LogP contribution in [0.4, 0.5) is 10.5 Å². The van der Waals surface area contributed by atoms with Gasteiger partial charge in [0.2, 0.25) is 5.43 Å². The lowest BCUT2D eigenvalue weighted by molar-refractivity contribution is 0.213. The van der Waals surface area contributed by atoms with E-state index in [1.807, 2.05) is 18.2 Å². The molecule has 0 unspecified atom stereocenters. The molecular formula is C16H19N3O2. The Morgan fingerprint density at radius 3 is 2.57 bits per heavy atom. The zero-order valence-corrected chi connectivity index (χ0v) is 11.9. The van der Waals surface area contributed by atoms with Crippen LogP contribution in [0.2, 0.25) is 0 Å². The van der Waals surface area contributed by atoms with Crippen molar-refractivity contribution in [3.05, 3.63) is 40.7 Å². The fraction of sp³-hybridized carbons (Fsp3) is 0.375. The minimum absolute atomic E-state index is 0.146. The number of rotatable bonds is 1. The molecule has 2 heterocycles. The molecule has 2 aromatic rings. The van der Waals surface area contributed by atoms with Crippen molar-refractivity contribution in [2.24, 2.45) is 0 Å². The minimum Gasteiger partial charge on any atom is -0.359 e. The van der Waals surface area contributed by atoms with Crippen molar-refractivity contribution in [2.75, 3.05) is 18.4 Å². The minimum atomic E-state index is -0.183. The molecular weight excluding hydrogens is 266 g/mol. The number of carbonyl (C=O) groups is 1. The normalized spacial score (nSPS) is 15.7. The molecule has 1 aliphatic rings. The van der Waals surface area contributed by atoms with Crippen molar-refractivity contribution < 1.29 is 4.79 Å². The molecule has 1 aromatic heterocycles. The molecule has 0 bridgehead atoms. The van der Waals surface area contributed by atoms with E-state index in [9.17, 15) is 9.59 Å². The van der Waals surface area contributed by atoms with Crippen molar-refractivity contribution in [1.82, 2.24) is 9.88 Å². The van der Waals surface area contributed by atoms with Crippen LogP contribution in [0, 0.1) is 0 Å². The van der Waals surface area contributed by atoms with E-state index in [0.29, 0.717) is 11.1 Å². The number of carbonyl (C=O) groups excluding carboxylic acids is 1. The van der Waals surface area contributed by atoms with Gasteiger partial charge in [-0.3, -0.25) is 4.79 Å². The number of hydrogen-bond donors (Lipinski definition) is 2. The molecule has 110 valence electrons. The quantitative estimate of drug-likeness (QED) is 0.846. The highest BCUT2D eigenvalue weighted by molar-refractivity contribution is 5.91. The second-order valence-electron chi connectivity index (χ2n) is 5.41. The summed E-state index contributed by atoms with van der Waals surface area (Å²) in [5.74, 6) is 0. The summed E-state index contributed by atoms with van der Waals surface area (Å²) >= 11 is 0. The summed E-state index contributed by atoms with van der Waals surface area (Å²) in [6.45, 7) is 1.52. The second kappa shape index (κ2) is 5.99. The molecule has 2 N–H and O–H groups in total. The number of anilines is 1. The average molecular weight is 285 g/mol. The number of para-hydroxylation sites is 1. The summed E-state index contributed by atoms with van der Waals surface area (Å²) in [6.07, 6.45) is 5.96. The number of fused-ring (bicyclic) bond motifs is 1. The van der Waals surface area contributed by atoms with Crippen LogP contribution >= 0.6 is 0 Å². The summed E-state index contributed by atoms with van der Waals surface area (Å²) in [5, 5.41) is 3.33. The molecule has 2 amide bonds. The fourth-order valence-corrected chi connectivity index (χ4v) is 2.73. The molecule has 21 heavy (non-hydrogen) atoms. The maximum absolute atomic E-state index is 12.4. The van der Waals surface area contributed by atoms with Gasteiger partial charge in [0.1, 0.15) is 5.69 Å². The number of nitrogens with one attached hydrogen (secondary N) is 2. The maximum Gasteiger partial charge on any atom is 0.321 e. The molecule has 1 aliphatic heterocycles. The third-order valence-electron chi connectivity index (χ3n) is 3.92. The van der Waals surface area contributed by atoms with Gasteiger partial charge in [-0.2, -0.15) is 0 Å². The third kappa shape index (κ3) is 2.91. The van der Waals surface area contributed by atoms with Crippen LogP contribution in [0.1, 0.15) is 25.7 Å². The van der Waals surface area contributed by atoms with E-state index in [4.69, 9.17) is 0 Å². The Kier molecular flexibility index (Phi) is 3.90. The number of hydrogen-bond acceptors (Lipinski definition) is 2. The first-order valence-electron chi connectivity index (χ1n) is 7.42. The Morgan fingerprint density at radius 1 is 1.10 bits per heavy atom. The second-order valence-corrected chi connectivity index (χ2v) is 5.41. The Morgan fingerprint density at radius 2 is 1.81 bits per heavy atom. The number of benzene rings is 1. The van der Waals surface area contributed by atoms with E-state index in [1.165, 1.54) is 12.8 Å². The molecule has 1 fully saturated rings. The van der Waals surface area contributed by atoms with Gasteiger partial charge in [0.25, 0.3) is 0 Å². The largest absolute Gasteiger partial charge is 0.359 e. The molecule has 1 aromatic carbocycles. The lowest BCUT2D eigenvalue weighted by atomic mass is 10.2. The molecule has 5 nitrogen and oxygen atoms in total. The standard InChI is InChI=1S/C16H19N3O2/c20-15-12-7-3-4-8-13(12)17-11-14(15)18-16(21)19-9-5-1-2-6-10-19/h3-4,7-8,11H,1-2,5-6,9-10H2,(H,17,20)(H,18,21). The average Bonchev–Trinajstić information content (AvgIpc) is 2.79. The molecule has 0 radical (unpaired) electrons. The van der Waals surface area contributed by atoms with Gasteiger partial charge in [0.05, 0.1) is 0 Å². The van der Waals surface area contributed by atoms with Crippen LogP contribution in [0.3, 0.4) is 0 Å². The number of aromatic nitrogens is 1. The van der Waals surface area contributed by atoms with Crippen molar-refractivity contribution in [3.8, 4) is 0 Å². The summed E-state index contributed by atoms with van der Waals surface area (Å²) < 4.78 is 0. The smallest absolute Gasteiger partial charge is 0.321 e. The Labute approximate surface area is 123 Å². The number of H-pyrrole nitrogens is 1. The summed E-state index contributed by atoms with van der Waals surface area (Å²) in [7, 11) is 0. The number of pyridine rings is 1. The molecule has 0 saturated carbocycles. The number of aromatic amines is 1. The molecule has 0 spiro atoms. The van der Waals surface area contributed by atoms with Gasteiger partial charge in [0, 0.05) is 30.2 Å². The Balaban J connectivity index is 1.82. The van der Waals surface area contributed by atoms with Gasteiger partial charge < -0.3 is 15.2 Å². The van der Waals surface area contributed by atoms with E-state index in [-0.39, 0.29) is 11.5 Å². The number of amides is 2. The first-order valence-corrected chi connectivity index (χ1v) is 7.42. The topological polar surface area (TPSA) is 65.2 Å². The lowest BCUT2D eigenvalue weighted by Gasteiger charge is -2.20. The van der Waals surface area contributed by atoms with Crippen LogP contribution in [0.15, 0.2) is 35.3 Å². The Bertz CT molecular complexity index is 700. The van der Waals surface area contributed by atoms with Crippen molar-refractivity contribution in [3.63, 3.8) is 0 Å². The van der Waals surface area contributed by atoms with Crippen LogP contribution in [-0.2, 0) is 0 Å². The lowest BCUT2D eigenvalue weighted by Crippen LogP contribution is -2.36. The van der Waals surface area contributed by atoms with E-state index in [1.54, 1.807) is 17.2 Å². The molecule has 0 atom stereocenters. The Hall–Kier alpha value is -2.30. The van der Waals surface area contributed by atoms with Crippen LogP contribution in [-0.4, -0.2) is 29.0 Å². The SMILES string of the molecule is O=C(Nc1c[nH]c2ccccc2c1=O)N1CCCCCC1. The highest BCUT2D eigenvalue weighted by Gasteiger charge is 2.16. The van der Waals surface area contributed by atoms with Gasteiger partial charge in [0.15, 0.2) is 0 Å². The van der Waals surface area contributed by atoms with Crippen LogP contribution in [0.5, 0.6) is 0 Å². The van der Waals surface area contributed by atoms with Crippen molar-refractivity contribution >= 4 is 22.6 Å². The zero-order valence-electron chi connectivity index (χ0n) is 11.9. The number of urea groups is 1. The highest BCUT2D eigenvalue weighted by Crippen LogP contribution is 2.13. The van der Waals surface area contributed by atoms with E-state index in [0.717, 1.165) is 31.4 Å². The van der Waals surface area contributed by atoms with Gasteiger partial charge in [-0.05, 0) is 25.0 Å². The first kappa shape index (κ1) is 13.7. The predicted octanol–water partition coefficient (Wildman–Crippen LogP) is 2.94. The van der Waals surface area contributed by atoms with E-state index in [2.05, 4.69) is 10.3 Å². The van der Waals surface area contributed by atoms with Crippen LogP contribution in [0.25, 0.3) is 10.9 Å². The first-order chi connectivity index (χ1) is 10.3.